The number of nitrogens with zero attached hydrogens (tertiary/aromatic N) is 2. The second-order valence-electron chi connectivity index (χ2n) is 11.2. The maximum Gasteiger partial charge on any atom is 0.416 e. The highest BCUT2D eigenvalue weighted by Gasteiger charge is 2.35. The Morgan fingerprint density at radius 2 is 1.72 bits per heavy atom. The highest BCUT2D eigenvalue weighted by atomic mass is 19.4. The van der Waals surface area contributed by atoms with Gasteiger partial charge in [-0.15, -0.1) is 0 Å². The summed E-state index contributed by atoms with van der Waals surface area (Å²) in [4.78, 5) is 11.1. The minimum atomic E-state index is -4.40. The number of anilines is 1. The van der Waals surface area contributed by atoms with Crippen molar-refractivity contribution in [2.45, 2.75) is 119 Å². The molecule has 5 nitrogen and oxygen atoms in total. The van der Waals surface area contributed by atoms with E-state index in [1.165, 1.54) is 69.1 Å². The maximum absolute atomic E-state index is 12.3. The molecule has 1 heterocycles. The molecule has 1 fully saturated rings. The van der Waals surface area contributed by atoms with Gasteiger partial charge >= 0.3 is 6.18 Å². The summed E-state index contributed by atoms with van der Waals surface area (Å²) in [7, 11) is 3.60. The molecule has 0 aliphatic heterocycles. The van der Waals surface area contributed by atoms with Gasteiger partial charge in [0.1, 0.15) is 0 Å². The Morgan fingerprint density at radius 1 is 1.05 bits per heavy atom. The van der Waals surface area contributed by atoms with Gasteiger partial charge in [-0.05, 0) is 98.9 Å². The third-order valence-corrected chi connectivity index (χ3v) is 8.30. The average molecular weight is 611 g/mol. The molecule has 8 heteroatoms. The highest BCUT2D eigenvalue weighted by molar-refractivity contribution is 5.92. The van der Waals surface area contributed by atoms with Crippen LogP contribution in [0.3, 0.4) is 0 Å². The van der Waals surface area contributed by atoms with Gasteiger partial charge in [0.2, 0.25) is 5.91 Å². The summed E-state index contributed by atoms with van der Waals surface area (Å²) in [6, 6.07) is 4.50. The van der Waals surface area contributed by atoms with Crippen LogP contribution in [0.1, 0.15) is 124 Å². The van der Waals surface area contributed by atoms with Gasteiger partial charge in [0.25, 0.3) is 0 Å². The maximum atomic E-state index is 12.3. The molecule has 1 aliphatic carbocycles. The molecule has 2 aromatic rings. The molecule has 2 N–H and O–H groups in total. The second kappa shape index (κ2) is 22.2. The number of hydrogen-bond acceptors (Lipinski definition) is 3. The van der Waals surface area contributed by atoms with Crippen LogP contribution in [0.25, 0.3) is 0 Å². The predicted molar refractivity (Wildman–Crippen MR) is 176 cm³/mol. The molecule has 1 amide bonds. The van der Waals surface area contributed by atoms with Crippen LogP contribution in [-0.4, -0.2) is 29.3 Å². The zero-order valence-corrected chi connectivity index (χ0v) is 28.7. The molecule has 3 rings (SSSR count). The zero-order valence-electron chi connectivity index (χ0n) is 28.7. The molecule has 5 atom stereocenters. The van der Waals surface area contributed by atoms with Crippen molar-refractivity contribution in [2.24, 2.45) is 30.7 Å². The van der Waals surface area contributed by atoms with Gasteiger partial charge in [0, 0.05) is 18.9 Å². The SMILES string of the molecule is CC.CC.CCC(CCC1CC1CC)C(C)CC[C@H](CC)c1cnn(C)c1.CNCC(=O)Nc1cccc(C(F)(F)F)c1. The molecule has 0 bridgehead atoms. The Kier molecular flexibility index (Phi) is 21.0. The Hall–Kier alpha value is -2.35. The predicted octanol–water partition coefficient (Wildman–Crippen LogP) is 10.1. The smallest absolute Gasteiger partial charge is 0.325 e. The van der Waals surface area contributed by atoms with Crippen LogP contribution in [0.5, 0.6) is 0 Å². The van der Waals surface area contributed by atoms with Gasteiger partial charge in [-0.3, -0.25) is 9.48 Å². The van der Waals surface area contributed by atoms with Gasteiger partial charge in [-0.1, -0.05) is 74.3 Å². The number of benzene rings is 1. The molecule has 1 aromatic carbocycles. The lowest BCUT2D eigenvalue weighted by molar-refractivity contribution is -0.137. The first-order valence-corrected chi connectivity index (χ1v) is 16.6. The van der Waals surface area contributed by atoms with Crippen LogP contribution in [0.15, 0.2) is 36.7 Å². The Balaban J connectivity index is 0.000000773. The summed E-state index contributed by atoms with van der Waals surface area (Å²) in [5.41, 5.74) is 0.781. The lowest BCUT2D eigenvalue weighted by atomic mass is 9.81. The van der Waals surface area contributed by atoms with Crippen LogP contribution in [0.4, 0.5) is 18.9 Å². The summed E-state index contributed by atoms with van der Waals surface area (Å²) in [6.45, 7) is 17.6. The van der Waals surface area contributed by atoms with Gasteiger partial charge < -0.3 is 10.6 Å². The van der Waals surface area contributed by atoms with Crippen LogP contribution in [0, 0.1) is 23.7 Å². The number of nitrogens with one attached hydrogen (secondary N) is 2. The fraction of sp³-hybridized carbons (Fsp3) is 0.714. The fourth-order valence-electron chi connectivity index (χ4n) is 5.58. The molecular formula is C35H61F3N4O. The summed E-state index contributed by atoms with van der Waals surface area (Å²) in [6.07, 6.45) is 11.0. The molecule has 43 heavy (non-hydrogen) atoms. The third-order valence-electron chi connectivity index (χ3n) is 8.30. The fourth-order valence-corrected chi connectivity index (χ4v) is 5.58. The molecule has 0 spiro atoms. The standard InChI is InChI=1S/C21H38N2.C10H11F3N2O.2C2H6/c1-6-17(11-12-20-13-19(20)8-3)16(4)9-10-18(7-2)21-14-22-23(5)15-21;1-14-6-9(16)15-8-4-2-3-7(5-8)10(11,12)13;2*1-2/h14-20H,6-13H2,1-5H3;2-5,14H,6H2,1H3,(H,15,16);2*1-2H3/t16?,17?,18-,19?,20?;;;/m0.../s1. The quantitative estimate of drug-likeness (QED) is 0.224. The number of alkyl halides is 3. The van der Waals surface area contributed by atoms with Crippen LogP contribution < -0.4 is 10.6 Å². The monoisotopic (exact) mass is 610 g/mol. The van der Waals surface area contributed by atoms with Crippen molar-refractivity contribution in [1.82, 2.24) is 15.1 Å². The third kappa shape index (κ3) is 15.8. The number of rotatable bonds is 14. The van der Waals surface area contributed by atoms with Gasteiger partial charge in [0.15, 0.2) is 0 Å². The molecule has 0 saturated heterocycles. The highest BCUT2D eigenvalue weighted by Crippen LogP contribution is 2.45. The summed E-state index contributed by atoms with van der Waals surface area (Å²) in [5.74, 6) is 4.24. The number of likely N-dealkylation sites (N-methyl/N-ethyl adjacent to an activating group) is 1. The molecule has 248 valence electrons. The van der Waals surface area contributed by atoms with E-state index in [-0.39, 0.29) is 18.1 Å². The number of hydrogen-bond donors (Lipinski definition) is 2. The summed E-state index contributed by atoms with van der Waals surface area (Å²) < 4.78 is 38.9. The van der Waals surface area contributed by atoms with Crippen LogP contribution >= 0.6 is 0 Å². The van der Waals surface area contributed by atoms with Crippen molar-refractivity contribution in [3.63, 3.8) is 0 Å². The lowest BCUT2D eigenvalue weighted by Gasteiger charge is -2.24. The molecule has 1 saturated carbocycles. The molecular weight excluding hydrogens is 549 g/mol. The number of carbonyl (C=O) groups is 1. The van der Waals surface area contributed by atoms with E-state index in [4.69, 9.17) is 0 Å². The van der Waals surface area contributed by atoms with E-state index < -0.39 is 11.7 Å². The van der Waals surface area contributed by atoms with E-state index in [1.807, 2.05) is 39.4 Å². The van der Waals surface area contributed by atoms with Crippen molar-refractivity contribution >= 4 is 11.6 Å². The molecule has 1 aromatic heterocycles. The van der Waals surface area contributed by atoms with E-state index in [0.29, 0.717) is 5.92 Å². The number of carbonyl (C=O) groups excluding carboxylic acids is 1. The summed E-state index contributed by atoms with van der Waals surface area (Å²) >= 11 is 0. The van der Waals surface area contributed by atoms with Crippen molar-refractivity contribution < 1.29 is 18.0 Å². The molecule has 4 unspecified atom stereocenters. The van der Waals surface area contributed by atoms with Crippen molar-refractivity contribution in [2.75, 3.05) is 18.9 Å². The van der Waals surface area contributed by atoms with E-state index in [2.05, 4.69) is 55.8 Å². The topological polar surface area (TPSA) is 59.0 Å². The summed E-state index contributed by atoms with van der Waals surface area (Å²) in [5, 5.41) is 9.30. The zero-order chi connectivity index (χ0) is 33.0. The normalized spacial score (nSPS) is 17.5. The van der Waals surface area contributed by atoms with E-state index >= 15 is 0 Å². The van der Waals surface area contributed by atoms with Crippen molar-refractivity contribution in [3.8, 4) is 0 Å². The number of amides is 1. The lowest BCUT2D eigenvalue weighted by Crippen LogP contribution is -2.25. The second-order valence-corrected chi connectivity index (χ2v) is 11.2. The largest absolute Gasteiger partial charge is 0.416 e. The van der Waals surface area contributed by atoms with Crippen LogP contribution in [-0.2, 0) is 18.0 Å². The first-order valence-electron chi connectivity index (χ1n) is 16.6. The first kappa shape index (κ1) is 40.6. The van der Waals surface area contributed by atoms with E-state index in [1.54, 1.807) is 7.05 Å². The Morgan fingerprint density at radius 3 is 2.21 bits per heavy atom. The van der Waals surface area contributed by atoms with Gasteiger partial charge in [-0.2, -0.15) is 18.3 Å². The first-order chi connectivity index (χ1) is 20.5. The van der Waals surface area contributed by atoms with Crippen molar-refractivity contribution in [3.05, 3.63) is 47.8 Å². The molecule has 1 aliphatic rings. The van der Waals surface area contributed by atoms with Crippen molar-refractivity contribution in [1.29, 1.82) is 0 Å². The Labute approximate surface area is 260 Å². The number of aromatic nitrogens is 2. The minimum absolute atomic E-state index is 0.0518. The van der Waals surface area contributed by atoms with E-state index in [0.717, 1.165) is 35.8 Å². The Bertz CT molecular complexity index is 991. The van der Waals surface area contributed by atoms with Gasteiger partial charge in [-0.25, -0.2) is 0 Å². The van der Waals surface area contributed by atoms with Crippen LogP contribution in [0.2, 0.25) is 0 Å². The van der Waals surface area contributed by atoms with E-state index in [9.17, 15) is 18.0 Å². The number of aryl methyl sites for hydroxylation is 1. The van der Waals surface area contributed by atoms with Gasteiger partial charge in [0.05, 0.1) is 18.3 Å². The molecule has 0 radical (unpaired) electrons. The average Bonchev–Trinajstić information content (AvgIpc) is 3.64. The number of halogens is 3. The minimum Gasteiger partial charge on any atom is -0.325 e.